The van der Waals surface area contributed by atoms with Gasteiger partial charge >= 0.3 is 0 Å². The third kappa shape index (κ3) is 3.76. The number of aromatic hydroxyl groups is 1. The number of nitrogens with zero attached hydrogens (tertiary/aromatic N) is 1. The average molecular weight is 348 g/mol. The molecule has 21 heavy (non-hydrogen) atoms. The van der Waals surface area contributed by atoms with Crippen molar-refractivity contribution in [1.29, 1.82) is 0 Å². The van der Waals surface area contributed by atoms with Crippen LogP contribution in [0.1, 0.15) is 15.9 Å². The van der Waals surface area contributed by atoms with E-state index in [9.17, 15) is 20.0 Å². The molecule has 0 aliphatic carbocycles. The number of halogens is 1. The Morgan fingerprint density at radius 3 is 2.43 bits per heavy atom. The predicted molar refractivity (Wildman–Crippen MR) is 82.3 cm³/mol. The number of carbonyl (C=O) groups is 1. The van der Waals surface area contributed by atoms with Crippen LogP contribution in [0.2, 0.25) is 0 Å². The highest BCUT2D eigenvalue weighted by Gasteiger charge is 2.07. The standard InChI is InChI=1S/C15H10BrNO4/c16-13-9-10(2-8-15(13)19)1-7-14(18)11-3-5-12(6-4-11)17(20)21/h1-9,19H/b7-1+. The van der Waals surface area contributed by atoms with Gasteiger partial charge in [0.2, 0.25) is 0 Å². The maximum Gasteiger partial charge on any atom is 0.269 e. The quantitative estimate of drug-likeness (QED) is 0.393. The second-order valence-electron chi connectivity index (χ2n) is 4.21. The monoisotopic (exact) mass is 347 g/mol. The second-order valence-corrected chi connectivity index (χ2v) is 5.07. The fraction of sp³-hybridized carbons (Fsp3) is 0. The maximum atomic E-state index is 11.9. The van der Waals surface area contributed by atoms with Crippen LogP contribution in [0.5, 0.6) is 5.75 Å². The fourth-order valence-corrected chi connectivity index (χ4v) is 2.04. The molecule has 0 aliphatic heterocycles. The van der Waals surface area contributed by atoms with Crippen LogP contribution in [0, 0.1) is 10.1 Å². The van der Waals surface area contributed by atoms with Gasteiger partial charge in [0.15, 0.2) is 5.78 Å². The SMILES string of the molecule is O=C(/C=C/c1ccc(O)c(Br)c1)c1ccc([N+](=O)[O-])cc1. The van der Waals surface area contributed by atoms with Crippen molar-refractivity contribution in [2.45, 2.75) is 0 Å². The summed E-state index contributed by atoms with van der Waals surface area (Å²) in [7, 11) is 0. The van der Waals surface area contributed by atoms with Crippen molar-refractivity contribution >= 4 is 33.5 Å². The van der Waals surface area contributed by atoms with Crippen molar-refractivity contribution in [3.8, 4) is 5.75 Å². The first-order valence-electron chi connectivity index (χ1n) is 5.93. The Morgan fingerprint density at radius 1 is 1.19 bits per heavy atom. The highest BCUT2D eigenvalue weighted by Crippen LogP contribution is 2.24. The van der Waals surface area contributed by atoms with Crippen LogP contribution in [-0.2, 0) is 0 Å². The molecule has 0 saturated carbocycles. The van der Waals surface area contributed by atoms with Crippen molar-refractivity contribution in [3.05, 3.63) is 74.3 Å². The Hall–Kier alpha value is -2.47. The number of nitro groups is 1. The van der Waals surface area contributed by atoms with Crippen molar-refractivity contribution in [1.82, 2.24) is 0 Å². The summed E-state index contributed by atoms with van der Waals surface area (Å²) >= 11 is 3.19. The van der Waals surface area contributed by atoms with Gasteiger partial charge in [0, 0.05) is 17.7 Å². The third-order valence-corrected chi connectivity index (χ3v) is 3.40. The van der Waals surface area contributed by atoms with Crippen LogP contribution in [0.4, 0.5) is 5.69 Å². The first-order valence-corrected chi connectivity index (χ1v) is 6.72. The Labute approximate surface area is 128 Å². The topological polar surface area (TPSA) is 80.4 Å². The minimum Gasteiger partial charge on any atom is -0.507 e. The summed E-state index contributed by atoms with van der Waals surface area (Å²) in [4.78, 5) is 22.0. The lowest BCUT2D eigenvalue weighted by molar-refractivity contribution is -0.384. The van der Waals surface area contributed by atoms with Gasteiger partial charge in [-0.25, -0.2) is 0 Å². The lowest BCUT2D eigenvalue weighted by Crippen LogP contribution is -1.95. The van der Waals surface area contributed by atoms with Crippen LogP contribution in [0.15, 0.2) is 53.0 Å². The second kappa shape index (κ2) is 6.32. The highest BCUT2D eigenvalue weighted by atomic mass is 79.9. The van der Waals surface area contributed by atoms with Gasteiger partial charge in [-0.3, -0.25) is 14.9 Å². The van der Waals surface area contributed by atoms with Crippen molar-refractivity contribution < 1.29 is 14.8 Å². The molecular formula is C15H10BrNO4. The molecule has 5 nitrogen and oxygen atoms in total. The number of phenols is 1. The van der Waals surface area contributed by atoms with Gasteiger partial charge in [-0.1, -0.05) is 12.1 Å². The average Bonchev–Trinajstić information content (AvgIpc) is 2.48. The lowest BCUT2D eigenvalue weighted by Gasteiger charge is -1.99. The molecule has 0 bridgehead atoms. The molecule has 2 rings (SSSR count). The number of benzene rings is 2. The van der Waals surface area contributed by atoms with E-state index in [1.54, 1.807) is 18.2 Å². The van der Waals surface area contributed by atoms with E-state index in [4.69, 9.17) is 0 Å². The Kier molecular flexibility index (Phi) is 4.49. The summed E-state index contributed by atoms with van der Waals surface area (Å²) in [6.45, 7) is 0. The largest absolute Gasteiger partial charge is 0.507 e. The van der Waals surface area contributed by atoms with Gasteiger partial charge in [0.05, 0.1) is 9.40 Å². The van der Waals surface area contributed by atoms with Crippen LogP contribution in [-0.4, -0.2) is 15.8 Å². The number of phenolic OH excluding ortho intramolecular Hbond substituents is 1. The maximum absolute atomic E-state index is 11.9. The minimum atomic E-state index is -0.516. The van der Waals surface area contributed by atoms with Gasteiger partial charge in [-0.15, -0.1) is 0 Å². The zero-order chi connectivity index (χ0) is 15.4. The summed E-state index contributed by atoms with van der Waals surface area (Å²) in [5.74, 6) is -0.136. The smallest absolute Gasteiger partial charge is 0.269 e. The predicted octanol–water partition coefficient (Wildman–Crippen LogP) is 3.96. The molecule has 0 unspecified atom stereocenters. The molecule has 6 heteroatoms. The summed E-state index contributed by atoms with van der Waals surface area (Å²) in [5, 5.41) is 19.9. The summed E-state index contributed by atoms with van der Waals surface area (Å²) < 4.78 is 0.535. The molecular weight excluding hydrogens is 338 g/mol. The van der Waals surface area contributed by atoms with Gasteiger partial charge < -0.3 is 5.11 Å². The first kappa shape index (κ1) is 14.9. The van der Waals surface area contributed by atoms with Crippen LogP contribution in [0.25, 0.3) is 6.08 Å². The molecule has 2 aromatic carbocycles. The fourth-order valence-electron chi connectivity index (χ4n) is 1.64. The number of rotatable bonds is 4. The summed E-state index contributed by atoms with van der Waals surface area (Å²) in [6.07, 6.45) is 2.98. The van der Waals surface area contributed by atoms with Crippen molar-refractivity contribution in [3.63, 3.8) is 0 Å². The number of hydrogen-bond donors (Lipinski definition) is 1. The Morgan fingerprint density at radius 2 is 1.86 bits per heavy atom. The van der Waals surface area contributed by atoms with Crippen LogP contribution < -0.4 is 0 Å². The molecule has 0 fully saturated rings. The molecule has 106 valence electrons. The molecule has 1 N–H and O–H groups in total. The molecule has 0 aliphatic rings. The normalized spacial score (nSPS) is 10.7. The number of nitro benzene ring substituents is 1. The van der Waals surface area contributed by atoms with Gasteiger partial charge in [-0.2, -0.15) is 0 Å². The number of allylic oxidation sites excluding steroid dienone is 1. The van der Waals surface area contributed by atoms with Gasteiger partial charge in [0.25, 0.3) is 5.69 Å². The Bertz CT molecular complexity index is 723. The van der Waals surface area contributed by atoms with E-state index in [-0.39, 0.29) is 17.2 Å². The molecule has 0 atom stereocenters. The molecule has 0 radical (unpaired) electrons. The van der Waals surface area contributed by atoms with E-state index < -0.39 is 4.92 Å². The van der Waals surface area contributed by atoms with Crippen LogP contribution in [0.3, 0.4) is 0 Å². The zero-order valence-corrected chi connectivity index (χ0v) is 12.3. The molecule has 2 aromatic rings. The van der Waals surface area contributed by atoms with Gasteiger partial charge in [0.1, 0.15) is 5.75 Å². The molecule has 0 spiro atoms. The third-order valence-electron chi connectivity index (χ3n) is 2.76. The van der Waals surface area contributed by atoms with E-state index in [0.29, 0.717) is 10.0 Å². The van der Waals surface area contributed by atoms with E-state index in [2.05, 4.69) is 15.9 Å². The van der Waals surface area contributed by atoms with Gasteiger partial charge in [-0.05, 0) is 51.8 Å². The molecule has 0 heterocycles. The molecule has 0 amide bonds. The van der Waals surface area contributed by atoms with Crippen LogP contribution >= 0.6 is 15.9 Å². The summed E-state index contributed by atoms with van der Waals surface area (Å²) in [5.41, 5.74) is 1.06. The lowest BCUT2D eigenvalue weighted by atomic mass is 10.1. The van der Waals surface area contributed by atoms with E-state index in [1.807, 2.05) is 0 Å². The van der Waals surface area contributed by atoms with Crippen molar-refractivity contribution in [2.75, 3.05) is 0 Å². The molecule has 0 aromatic heterocycles. The van der Waals surface area contributed by atoms with E-state index >= 15 is 0 Å². The molecule has 0 saturated heterocycles. The van der Waals surface area contributed by atoms with Crippen molar-refractivity contribution in [2.24, 2.45) is 0 Å². The number of hydrogen-bond acceptors (Lipinski definition) is 4. The number of ketones is 1. The van der Waals surface area contributed by atoms with E-state index in [1.165, 1.54) is 36.4 Å². The minimum absolute atomic E-state index is 0.0574. The highest BCUT2D eigenvalue weighted by molar-refractivity contribution is 9.10. The zero-order valence-electron chi connectivity index (χ0n) is 10.7. The van der Waals surface area contributed by atoms with E-state index in [0.717, 1.165) is 5.56 Å². The number of carbonyl (C=O) groups excluding carboxylic acids is 1. The number of non-ortho nitro benzene ring substituents is 1. The summed E-state index contributed by atoms with van der Waals surface area (Å²) in [6, 6.07) is 10.3. The first-order chi connectivity index (χ1) is 9.97. The Balaban J connectivity index is 2.14.